The van der Waals surface area contributed by atoms with Gasteiger partial charge < -0.3 is 0 Å². The van der Waals surface area contributed by atoms with Crippen molar-refractivity contribution in [2.24, 2.45) is 0 Å². The zero-order valence-electron chi connectivity index (χ0n) is 22.0. The van der Waals surface area contributed by atoms with E-state index < -0.39 is 44.8 Å². The van der Waals surface area contributed by atoms with Gasteiger partial charge in [-0.05, 0) is 100 Å². The van der Waals surface area contributed by atoms with Gasteiger partial charge in [0.25, 0.3) is 10.0 Å². The van der Waals surface area contributed by atoms with Crippen molar-refractivity contribution in [3.8, 4) is 0 Å². The van der Waals surface area contributed by atoms with Crippen LogP contribution in [0, 0.1) is 17.5 Å². The lowest BCUT2D eigenvalue weighted by atomic mass is 9.96. The third kappa shape index (κ3) is 7.97. The molecule has 0 saturated heterocycles. The van der Waals surface area contributed by atoms with Crippen LogP contribution in [0.5, 0.6) is 0 Å². The molecule has 0 spiro atoms. The summed E-state index contributed by atoms with van der Waals surface area (Å²) in [6.07, 6.45) is 0.563. The van der Waals surface area contributed by atoms with Crippen LogP contribution in [0.4, 0.5) is 18.9 Å². The molecule has 3 aromatic carbocycles. The van der Waals surface area contributed by atoms with Gasteiger partial charge in [0, 0.05) is 17.5 Å². The molecule has 0 fully saturated rings. The van der Waals surface area contributed by atoms with Crippen LogP contribution >= 0.6 is 11.6 Å². The number of amides is 1. The molecule has 6 nitrogen and oxygen atoms in total. The van der Waals surface area contributed by atoms with Gasteiger partial charge >= 0.3 is 0 Å². The molecule has 0 radical (unpaired) electrons. The van der Waals surface area contributed by atoms with Crippen molar-refractivity contribution >= 4 is 33.2 Å². The van der Waals surface area contributed by atoms with Crippen LogP contribution in [0.1, 0.15) is 57.7 Å². The van der Waals surface area contributed by atoms with Gasteiger partial charge in [0.15, 0.2) is 0 Å². The normalized spacial score (nSPS) is 12.7. The zero-order chi connectivity index (χ0) is 29.0. The monoisotopic (exact) mass is 582 g/mol. The van der Waals surface area contributed by atoms with E-state index >= 15 is 4.39 Å². The van der Waals surface area contributed by atoms with E-state index in [1.807, 2.05) is 0 Å². The first-order valence-corrected chi connectivity index (χ1v) is 14.0. The average molecular weight is 583 g/mol. The second-order valence-corrected chi connectivity index (χ2v) is 12.2. The molecular formula is C28H30ClF3N2O4S. The van der Waals surface area contributed by atoms with E-state index in [2.05, 4.69) is 5.48 Å². The first kappa shape index (κ1) is 30.5. The molecular weight excluding hydrogens is 553 g/mol. The number of nitrogens with zero attached hydrogens (tertiary/aromatic N) is 1. The zero-order valence-corrected chi connectivity index (χ0v) is 23.5. The first-order valence-electron chi connectivity index (χ1n) is 12.2. The molecule has 0 unspecified atom stereocenters. The highest BCUT2D eigenvalue weighted by molar-refractivity contribution is 7.92. The van der Waals surface area contributed by atoms with E-state index in [1.54, 1.807) is 20.8 Å². The minimum atomic E-state index is -4.45. The van der Waals surface area contributed by atoms with Crippen molar-refractivity contribution in [2.75, 3.05) is 4.31 Å². The van der Waals surface area contributed by atoms with Crippen molar-refractivity contribution in [1.82, 2.24) is 5.48 Å². The van der Waals surface area contributed by atoms with Crippen LogP contribution in [-0.4, -0.2) is 19.9 Å². The summed E-state index contributed by atoms with van der Waals surface area (Å²) in [5.74, 6) is -2.73. The Bertz CT molecular complexity index is 1430. The number of nitrogens with one attached hydrogen (secondary N) is 1. The van der Waals surface area contributed by atoms with Crippen LogP contribution < -0.4 is 9.79 Å². The van der Waals surface area contributed by atoms with Crippen molar-refractivity contribution in [1.29, 1.82) is 0 Å². The highest BCUT2D eigenvalue weighted by atomic mass is 35.5. The number of aryl methyl sites for hydroxylation is 1. The van der Waals surface area contributed by atoms with Gasteiger partial charge in [-0.15, -0.1) is 0 Å². The lowest BCUT2D eigenvalue weighted by Crippen LogP contribution is -2.35. The maximum absolute atomic E-state index is 15.0. The van der Waals surface area contributed by atoms with E-state index in [-0.39, 0.29) is 23.6 Å². The minimum Gasteiger partial charge on any atom is -0.273 e. The Morgan fingerprint density at radius 2 is 1.62 bits per heavy atom. The number of benzene rings is 3. The van der Waals surface area contributed by atoms with Crippen molar-refractivity contribution < 1.29 is 31.2 Å². The Kier molecular flexibility index (Phi) is 9.69. The highest BCUT2D eigenvalue weighted by Crippen LogP contribution is 2.37. The highest BCUT2D eigenvalue weighted by Gasteiger charge is 2.33. The Morgan fingerprint density at radius 1 is 1.00 bits per heavy atom. The van der Waals surface area contributed by atoms with E-state index in [0.29, 0.717) is 22.6 Å². The SMILES string of the molecule is C[C@H](c1ccc(F)cc1CCCC(=O)NOC(C)(C)C)N(c1cc(F)ccc1F)S(=O)(=O)c1ccc(Cl)cc1. The summed E-state index contributed by atoms with van der Waals surface area (Å²) in [4.78, 5) is 17.2. The van der Waals surface area contributed by atoms with Crippen molar-refractivity contribution in [2.45, 2.75) is 63.5 Å². The molecule has 0 aliphatic rings. The molecule has 0 aliphatic carbocycles. The fraction of sp³-hybridized carbons (Fsp3) is 0.321. The average Bonchev–Trinajstić information content (AvgIpc) is 2.85. The predicted octanol–water partition coefficient (Wildman–Crippen LogP) is 6.88. The molecule has 1 amide bonds. The lowest BCUT2D eigenvalue weighted by molar-refractivity contribution is -0.145. The van der Waals surface area contributed by atoms with Gasteiger partial charge in [-0.25, -0.2) is 27.1 Å². The second-order valence-electron chi connectivity index (χ2n) is 9.96. The number of hydroxylamine groups is 1. The number of carbonyl (C=O) groups excluding carboxylic acids is 1. The molecule has 210 valence electrons. The van der Waals surface area contributed by atoms with Crippen LogP contribution in [0.25, 0.3) is 0 Å². The number of rotatable bonds is 10. The molecule has 0 aromatic heterocycles. The Hall–Kier alpha value is -3.08. The summed E-state index contributed by atoms with van der Waals surface area (Å²) >= 11 is 5.92. The van der Waals surface area contributed by atoms with Gasteiger partial charge in [-0.1, -0.05) is 17.7 Å². The van der Waals surface area contributed by atoms with E-state index in [1.165, 1.54) is 43.3 Å². The molecule has 3 aromatic rings. The van der Waals surface area contributed by atoms with Gasteiger partial charge in [0.1, 0.15) is 17.5 Å². The van der Waals surface area contributed by atoms with Gasteiger partial charge in [-0.3, -0.25) is 13.9 Å². The Balaban J connectivity index is 1.99. The minimum absolute atomic E-state index is 0.0612. The molecule has 0 heterocycles. The van der Waals surface area contributed by atoms with Gasteiger partial charge in [0.2, 0.25) is 5.91 Å². The van der Waals surface area contributed by atoms with Crippen molar-refractivity contribution in [3.05, 3.63) is 94.3 Å². The largest absolute Gasteiger partial charge is 0.273 e. The molecule has 11 heteroatoms. The van der Waals surface area contributed by atoms with Crippen LogP contribution in [0.15, 0.2) is 65.6 Å². The fourth-order valence-electron chi connectivity index (χ4n) is 3.95. The Labute approximate surface area is 231 Å². The third-order valence-electron chi connectivity index (χ3n) is 5.74. The maximum Gasteiger partial charge on any atom is 0.264 e. The van der Waals surface area contributed by atoms with E-state index in [4.69, 9.17) is 16.4 Å². The van der Waals surface area contributed by atoms with Crippen molar-refractivity contribution in [3.63, 3.8) is 0 Å². The molecule has 0 bridgehead atoms. The van der Waals surface area contributed by atoms with Gasteiger partial charge in [-0.2, -0.15) is 0 Å². The smallest absolute Gasteiger partial charge is 0.264 e. The number of anilines is 1. The van der Waals surface area contributed by atoms with Crippen LogP contribution in [-0.2, 0) is 26.1 Å². The van der Waals surface area contributed by atoms with E-state index in [9.17, 15) is 22.0 Å². The quantitative estimate of drug-likeness (QED) is 0.264. The molecule has 1 atom stereocenters. The predicted molar refractivity (Wildman–Crippen MR) is 144 cm³/mol. The summed E-state index contributed by atoms with van der Waals surface area (Å²) in [7, 11) is -4.45. The third-order valence-corrected chi connectivity index (χ3v) is 7.89. The first-order chi connectivity index (χ1) is 18.2. The number of hydrogen-bond donors (Lipinski definition) is 1. The summed E-state index contributed by atoms with van der Waals surface area (Å²) in [5, 5.41) is 0.295. The molecule has 0 aliphatic heterocycles. The maximum atomic E-state index is 15.0. The number of carbonyl (C=O) groups is 1. The topological polar surface area (TPSA) is 75.7 Å². The standard InChI is InChI=1S/C28H30ClF3N2O4S/c1-18(24-14-10-21(30)16-19(24)6-5-7-27(35)33-38-28(2,3)4)34(26-17-22(31)11-15-25(26)32)39(36,37)23-12-8-20(29)9-13-23/h8-18H,5-7H2,1-4H3,(H,33,35)/t18-/m1/s1. The van der Waals surface area contributed by atoms with Gasteiger partial charge in [0.05, 0.1) is 22.2 Å². The van der Waals surface area contributed by atoms with Crippen LogP contribution in [0.2, 0.25) is 5.02 Å². The fourth-order valence-corrected chi connectivity index (χ4v) is 5.71. The number of halogens is 4. The van der Waals surface area contributed by atoms with Crippen LogP contribution in [0.3, 0.4) is 0 Å². The molecule has 1 N–H and O–H groups in total. The molecule has 39 heavy (non-hydrogen) atoms. The molecule has 0 saturated carbocycles. The summed E-state index contributed by atoms with van der Waals surface area (Å²) in [6, 6.07) is 10.5. The summed E-state index contributed by atoms with van der Waals surface area (Å²) in [5.41, 5.74) is 2.06. The second kappa shape index (κ2) is 12.4. The summed E-state index contributed by atoms with van der Waals surface area (Å²) < 4.78 is 71.9. The lowest BCUT2D eigenvalue weighted by Gasteiger charge is -2.32. The molecule has 3 rings (SSSR count). The number of hydrogen-bond acceptors (Lipinski definition) is 4. The van der Waals surface area contributed by atoms with E-state index in [0.717, 1.165) is 28.6 Å². The summed E-state index contributed by atoms with van der Waals surface area (Å²) in [6.45, 7) is 6.83. The Morgan fingerprint density at radius 3 is 2.26 bits per heavy atom. The number of sulfonamides is 1.